The van der Waals surface area contributed by atoms with Crippen molar-refractivity contribution in [2.45, 2.75) is 12.3 Å². The topological polar surface area (TPSA) is 79.4 Å². The van der Waals surface area contributed by atoms with Crippen LogP contribution in [0.5, 0.6) is 0 Å². The van der Waals surface area contributed by atoms with Crippen LogP contribution in [0.15, 0.2) is 97.2 Å². The summed E-state index contributed by atoms with van der Waals surface area (Å²) in [5.41, 5.74) is 2.55. The fourth-order valence-corrected chi connectivity index (χ4v) is 5.06. The van der Waals surface area contributed by atoms with Crippen molar-refractivity contribution in [2.24, 2.45) is 5.92 Å². The lowest BCUT2D eigenvalue weighted by atomic mass is 9.84. The molecule has 8 heteroatoms. The molecule has 1 N–H and O–H groups in total. The molecule has 5 rings (SSSR count). The summed E-state index contributed by atoms with van der Waals surface area (Å²) in [5, 5.41) is 3.46. The summed E-state index contributed by atoms with van der Waals surface area (Å²) in [6.45, 7) is 0. The van der Waals surface area contributed by atoms with Gasteiger partial charge in [0.1, 0.15) is 5.69 Å². The first kappa shape index (κ1) is 24.7. The first-order chi connectivity index (χ1) is 17.9. The van der Waals surface area contributed by atoms with E-state index >= 15 is 0 Å². The minimum atomic E-state index is -0.674. The van der Waals surface area contributed by atoms with E-state index in [1.54, 1.807) is 42.5 Å². The molecule has 2 heterocycles. The van der Waals surface area contributed by atoms with Crippen molar-refractivity contribution in [1.29, 1.82) is 0 Å². The van der Waals surface area contributed by atoms with Crippen LogP contribution in [0.1, 0.15) is 27.5 Å². The van der Waals surface area contributed by atoms with Crippen LogP contribution in [0.3, 0.4) is 0 Å². The molecule has 37 heavy (non-hydrogen) atoms. The van der Waals surface area contributed by atoms with Crippen LogP contribution in [0.25, 0.3) is 0 Å². The van der Waals surface area contributed by atoms with Gasteiger partial charge in [0.2, 0.25) is 11.8 Å². The van der Waals surface area contributed by atoms with Crippen molar-refractivity contribution in [3.63, 3.8) is 0 Å². The number of hydrogen-bond donors (Lipinski definition) is 1. The number of nitrogens with zero attached hydrogens (tertiary/aromatic N) is 2. The van der Waals surface area contributed by atoms with E-state index in [-0.39, 0.29) is 28.2 Å². The fourth-order valence-electron chi connectivity index (χ4n) is 4.58. The Morgan fingerprint density at radius 2 is 1.65 bits per heavy atom. The molecular formula is C29H21Cl2N3O3. The standard InChI is InChI=1S/C29H21Cl2N3O3/c30-20-10-6-7-18(15-20)16-22-26(19-8-2-1-3-9-19)29(37)34(28(22)36)25-13-12-21(17-23(25)31)33-27(35)24-11-4-5-14-32-24/h1-15,17,22,26H,16H2,(H,33,35). The van der Waals surface area contributed by atoms with Crippen LogP contribution in [0, 0.1) is 5.92 Å². The van der Waals surface area contributed by atoms with Crippen LogP contribution < -0.4 is 10.2 Å². The van der Waals surface area contributed by atoms with E-state index in [0.717, 1.165) is 16.0 Å². The molecule has 1 saturated heterocycles. The Kier molecular flexibility index (Phi) is 7.04. The third-order valence-corrected chi connectivity index (χ3v) is 6.81. The maximum absolute atomic E-state index is 13.7. The summed E-state index contributed by atoms with van der Waals surface area (Å²) >= 11 is 12.7. The highest BCUT2D eigenvalue weighted by Crippen LogP contribution is 2.42. The molecule has 1 aliphatic rings. The summed E-state index contributed by atoms with van der Waals surface area (Å²) in [7, 11) is 0. The fraction of sp³-hybridized carbons (Fsp3) is 0.103. The molecule has 2 atom stereocenters. The number of amides is 3. The lowest BCUT2D eigenvalue weighted by Crippen LogP contribution is -2.31. The lowest BCUT2D eigenvalue weighted by Gasteiger charge is -2.17. The smallest absolute Gasteiger partial charge is 0.274 e. The molecule has 1 fully saturated rings. The highest BCUT2D eigenvalue weighted by Gasteiger charge is 2.49. The number of aromatic nitrogens is 1. The number of pyridine rings is 1. The van der Waals surface area contributed by atoms with Crippen molar-refractivity contribution in [1.82, 2.24) is 4.98 Å². The highest BCUT2D eigenvalue weighted by atomic mass is 35.5. The quantitative estimate of drug-likeness (QED) is 0.303. The number of anilines is 2. The average Bonchev–Trinajstić information content (AvgIpc) is 3.14. The van der Waals surface area contributed by atoms with Gasteiger partial charge in [0.25, 0.3) is 5.91 Å². The highest BCUT2D eigenvalue weighted by molar-refractivity contribution is 6.36. The number of nitrogens with one attached hydrogen (secondary N) is 1. The van der Waals surface area contributed by atoms with Crippen LogP contribution >= 0.6 is 23.2 Å². The van der Waals surface area contributed by atoms with Crippen LogP contribution in [0.2, 0.25) is 10.0 Å². The average molecular weight is 530 g/mol. The Bertz CT molecular complexity index is 1480. The molecule has 1 aliphatic heterocycles. The number of rotatable bonds is 6. The molecule has 0 saturated carbocycles. The van der Waals surface area contributed by atoms with Gasteiger partial charge in [0.15, 0.2) is 0 Å². The Hall–Kier alpha value is -4.00. The second kappa shape index (κ2) is 10.5. The second-order valence-electron chi connectivity index (χ2n) is 8.68. The second-order valence-corrected chi connectivity index (χ2v) is 9.52. The molecular weight excluding hydrogens is 509 g/mol. The molecule has 6 nitrogen and oxygen atoms in total. The maximum Gasteiger partial charge on any atom is 0.274 e. The number of carbonyl (C=O) groups excluding carboxylic acids is 3. The molecule has 0 bridgehead atoms. The molecule has 0 aliphatic carbocycles. The Balaban J connectivity index is 1.46. The molecule has 184 valence electrons. The summed E-state index contributed by atoms with van der Waals surface area (Å²) < 4.78 is 0. The van der Waals surface area contributed by atoms with E-state index in [1.165, 1.54) is 12.3 Å². The molecule has 3 amide bonds. The summed E-state index contributed by atoms with van der Waals surface area (Å²) in [5.74, 6) is -2.40. The summed E-state index contributed by atoms with van der Waals surface area (Å²) in [6.07, 6.45) is 1.87. The van der Waals surface area contributed by atoms with E-state index in [9.17, 15) is 14.4 Å². The predicted molar refractivity (Wildman–Crippen MR) is 144 cm³/mol. The van der Waals surface area contributed by atoms with E-state index in [1.807, 2.05) is 42.5 Å². The number of hydrogen-bond acceptors (Lipinski definition) is 4. The zero-order valence-electron chi connectivity index (χ0n) is 19.5. The first-order valence-corrected chi connectivity index (χ1v) is 12.4. The van der Waals surface area contributed by atoms with Crippen molar-refractivity contribution in [3.05, 3.63) is 124 Å². The Morgan fingerprint density at radius 1 is 0.865 bits per heavy atom. The summed E-state index contributed by atoms with van der Waals surface area (Å²) in [6, 6.07) is 26.2. The number of imide groups is 1. The van der Waals surface area contributed by atoms with Crippen LogP contribution in [-0.4, -0.2) is 22.7 Å². The first-order valence-electron chi connectivity index (χ1n) is 11.6. The molecule has 4 aromatic rings. The van der Waals surface area contributed by atoms with Crippen molar-refractivity contribution >= 4 is 52.3 Å². The SMILES string of the molecule is O=C(Nc1ccc(N2C(=O)C(Cc3cccc(Cl)c3)C(c3ccccc3)C2=O)c(Cl)c1)c1ccccn1. The third kappa shape index (κ3) is 5.12. The minimum Gasteiger partial charge on any atom is -0.321 e. The Labute approximate surface area is 223 Å². The van der Waals surface area contributed by atoms with E-state index < -0.39 is 17.7 Å². The minimum absolute atomic E-state index is 0.163. The number of halogens is 2. The van der Waals surface area contributed by atoms with Gasteiger partial charge < -0.3 is 5.32 Å². The molecule has 3 aromatic carbocycles. The molecule has 1 aromatic heterocycles. The zero-order valence-corrected chi connectivity index (χ0v) is 21.0. The van der Waals surface area contributed by atoms with Crippen molar-refractivity contribution < 1.29 is 14.4 Å². The van der Waals surface area contributed by atoms with Gasteiger partial charge in [-0.15, -0.1) is 0 Å². The van der Waals surface area contributed by atoms with Gasteiger partial charge in [-0.2, -0.15) is 0 Å². The van der Waals surface area contributed by atoms with E-state index in [4.69, 9.17) is 23.2 Å². The predicted octanol–water partition coefficient (Wildman–Crippen LogP) is 6.16. The monoisotopic (exact) mass is 529 g/mol. The molecule has 0 radical (unpaired) electrons. The Morgan fingerprint density at radius 3 is 2.35 bits per heavy atom. The lowest BCUT2D eigenvalue weighted by molar-refractivity contribution is -0.122. The van der Waals surface area contributed by atoms with Gasteiger partial charge in [0.05, 0.1) is 22.5 Å². The number of benzene rings is 3. The van der Waals surface area contributed by atoms with Crippen molar-refractivity contribution in [2.75, 3.05) is 10.2 Å². The van der Waals surface area contributed by atoms with Gasteiger partial charge in [-0.3, -0.25) is 19.4 Å². The van der Waals surface area contributed by atoms with E-state index in [2.05, 4.69) is 10.3 Å². The van der Waals surface area contributed by atoms with Gasteiger partial charge >= 0.3 is 0 Å². The third-order valence-electron chi connectivity index (χ3n) is 6.27. The normalized spacial score (nSPS) is 17.2. The summed E-state index contributed by atoms with van der Waals surface area (Å²) in [4.78, 5) is 45.1. The maximum atomic E-state index is 13.7. The zero-order chi connectivity index (χ0) is 25.9. The van der Waals surface area contributed by atoms with Gasteiger partial charge in [-0.05, 0) is 60.0 Å². The number of carbonyl (C=O) groups is 3. The van der Waals surface area contributed by atoms with Crippen LogP contribution in [0.4, 0.5) is 11.4 Å². The van der Waals surface area contributed by atoms with E-state index in [0.29, 0.717) is 17.1 Å². The van der Waals surface area contributed by atoms with Crippen molar-refractivity contribution in [3.8, 4) is 0 Å². The van der Waals surface area contributed by atoms with Gasteiger partial charge in [0, 0.05) is 16.9 Å². The van der Waals surface area contributed by atoms with Crippen LogP contribution in [-0.2, 0) is 16.0 Å². The molecule has 0 spiro atoms. The largest absolute Gasteiger partial charge is 0.321 e. The van der Waals surface area contributed by atoms with Gasteiger partial charge in [-0.1, -0.05) is 71.7 Å². The van der Waals surface area contributed by atoms with Gasteiger partial charge in [-0.25, -0.2) is 4.90 Å². The molecule has 2 unspecified atom stereocenters.